The quantitative estimate of drug-likeness (QED) is 0.432. The number of hydrogen-bond acceptors (Lipinski definition) is 3. The average molecular weight is 414 g/mol. The van der Waals surface area contributed by atoms with Gasteiger partial charge in [0.05, 0.1) is 6.61 Å². The smallest absolute Gasteiger partial charge is 0.187 e. The molecule has 1 unspecified atom stereocenters. The second-order valence-corrected chi connectivity index (χ2v) is 13.5. The fourth-order valence-corrected chi connectivity index (χ4v) is 6.35. The van der Waals surface area contributed by atoms with Gasteiger partial charge in [-0.25, -0.2) is 0 Å². The van der Waals surface area contributed by atoms with Gasteiger partial charge in [-0.2, -0.15) is 0 Å². The summed E-state index contributed by atoms with van der Waals surface area (Å²) < 4.78 is 6.45. The molecule has 0 radical (unpaired) electrons. The maximum absolute atomic E-state index is 9.48. The van der Waals surface area contributed by atoms with Gasteiger partial charge in [-0.05, 0) is 89.0 Å². The Bertz CT molecular complexity index is 705. The Balaban J connectivity index is 2.06. The molecular weight excluding hydrogens is 374 g/mol. The lowest BCUT2D eigenvalue weighted by Crippen LogP contribution is -2.39. The first-order chi connectivity index (χ1) is 13.7. The first-order valence-electron chi connectivity index (χ1n) is 10.9. The monoisotopic (exact) mass is 413 g/mol. The standard InChI is InChI=1S/C25H39NO2Si/c1-20(2)26(21(3)4)17-16-24(23-10-8-7-9-11-23)19-29(5,6)28-18-22-12-14-25(27)15-13-22/h7-15,20-21,24,27H,16-19H2,1-6H3. The van der Waals surface area contributed by atoms with Gasteiger partial charge in [-0.1, -0.05) is 42.5 Å². The van der Waals surface area contributed by atoms with Gasteiger partial charge in [0.1, 0.15) is 5.75 Å². The van der Waals surface area contributed by atoms with Gasteiger partial charge in [0.25, 0.3) is 0 Å². The van der Waals surface area contributed by atoms with Gasteiger partial charge in [0.2, 0.25) is 0 Å². The van der Waals surface area contributed by atoms with Crippen molar-refractivity contribution < 1.29 is 9.53 Å². The van der Waals surface area contributed by atoms with Crippen molar-refractivity contribution in [2.75, 3.05) is 6.54 Å². The molecule has 0 spiro atoms. The van der Waals surface area contributed by atoms with Crippen molar-refractivity contribution in [2.45, 2.75) is 77.9 Å². The van der Waals surface area contributed by atoms with Gasteiger partial charge in [-0.15, -0.1) is 0 Å². The summed E-state index contributed by atoms with van der Waals surface area (Å²) in [7, 11) is -1.85. The molecule has 160 valence electrons. The Morgan fingerprint density at radius 1 is 0.897 bits per heavy atom. The van der Waals surface area contributed by atoms with Crippen LogP contribution >= 0.6 is 0 Å². The van der Waals surface area contributed by atoms with Crippen molar-refractivity contribution in [1.82, 2.24) is 4.90 Å². The van der Waals surface area contributed by atoms with Gasteiger partial charge < -0.3 is 9.53 Å². The molecule has 0 aromatic heterocycles. The molecule has 0 amide bonds. The molecule has 0 bridgehead atoms. The van der Waals surface area contributed by atoms with Crippen molar-refractivity contribution in [2.24, 2.45) is 0 Å². The van der Waals surface area contributed by atoms with E-state index in [0.717, 1.165) is 24.6 Å². The molecule has 0 aliphatic rings. The predicted octanol–water partition coefficient (Wildman–Crippen LogP) is 6.41. The molecule has 2 rings (SSSR count). The highest BCUT2D eigenvalue weighted by Gasteiger charge is 2.29. The van der Waals surface area contributed by atoms with Crippen molar-refractivity contribution in [3.8, 4) is 5.75 Å². The molecule has 1 atom stereocenters. The van der Waals surface area contributed by atoms with Crippen LogP contribution in [-0.2, 0) is 11.0 Å². The fourth-order valence-electron chi connectivity index (χ4n) is 4.05. The molecular formula is C25H39NO2Si. The van der Waals surface area contributed by atoms with Gasteiger partial charge in [-0.3, -0.25) is 4.90 Å². The van der Waals surface area contributed by atoms with Crippen molar-refractivity contribution in [3.05, 3.63) is 65.7 Å². The summed E-state index contributed by atoms with van der Waals surface area (Å²) in [6.07, 6.45) is 1.15. The molecule has 0 aliphatic carbocycles. The highest BCUT2D eigenvalue weighted by molar-refractivity contribution is 6.71. The zero-order valence-corrected chi connectivity index (χ0v) is 20.1. The van der Waals surface area contributed by atoms with Crippen LogP contribution in [0.4, 0.5) is 0 Å². The molecule has 29 heavy (non-hydrogen) atoms. The summed E-state index contributed by atoms with van der Waals surface area (Å²) in [6, 6.07) is 20.5. The van der Waals surface area contributed by atoms with Crippen molar-refractivity contribution in [3.63, 3.8) is 0 Å². The number of benzene rings is 2. The highest BCUT2D eigenvalue weighted by Crippen LogP contribution is 2.31. The van der Waals surface area contributed by atoms with Crippen LogP contribution in [0.1, 0.15) is 51.2 Å². The van der Waals surface area contributed by atoms with E-state index in [1.165, 1.54) is 5.56 Å². The molecule has 0 aliphatic heterocycles. The number of phenols is 1. The van der Waals surface area contributed by atoms with E-state index in [4.69, 9.17) is 4.43 Å². The summed E-state index contributed by atoms with van der Waals surface area (Å²) in [6.45, 7) is 15.5. The van der Waals surface area contributed by atoms with Crippen LogP contribution < -0.4 is 0 Å². The largest absolute Gasteiger partial charge is 0.508 e. The van der Waals surface area contributed by atoms with Crippen LogP contribution in [0.15, 0.2) is 54.6 Å². The first-order valence-corrected chi connectivity index (χ1v) is 14.0. The van der Waals surface area contributed by atoms with Crippen LogP contribution in [0.5, 0.6) is 5.75 Å². The summed E-state index contributed by atoms with van der Waals surface area (Å²) in [4.78, 5) is 2.59. The Labute approximate surface area is 178 Å². The Hall–Kier alpha value is -1.62. The second kappa shape index (κ2) is 11.0. The topological polar surface area (TPSA) is 32.7 Å². The lowest BCUT2D eigenvalue weighted by atomic mass is 9.97. The highest BCUT2D eigenvalue weighted by atomic mass is 28.4. The van der Waals surface area contributed by atoms with Gasteiger partial charge >= 0.3 is 0 Å². The van der Waals surface area contributed by atoms with Gasteiger partial charge in [0.15, 0.2) is 8.32 Å². The average Bonchev–Trinajstić information content (AvgIpc) is 2.67. The third-order valence-corrected chi connectivity index (χ3v) is 8.04. The Kier molecular flexibility index (Phi) is 8.94. The summed E-state index contributed by atoms with van der Waals surface area (Å²) in [5.74, 6) is 0.812. The number of hydrogen-bond donors (Lipinski definition) is 1. The predicted molar refractivity (Wildman–Crippen MR) is 126 cm³/mol. The third kappa shape index (κ3) is 7.96. The van der Waals surface area contributed by atoms with E-state index in [9.17, 15) is 5.11 Å². The third-order valence-electron chi connectivity index (χ3n) is 5.64. The molecule has 4 heteroatoms. The van der Waals surface area contributed by atoms with E-state index in [0.29, 0.717) is 30.4 Å². The minimum Gasteiger partial charge on any atom is -0.508 e. The Morgan fingerprint density at radius 3 is 2.03 bits per heavy atom. The van der Waals surface area contributed by atoms with E-state index < -0.39 is 8.32 Å². The van der Waals surface area contributed by atoms with Crippen molar-refractivity contribution in [1.29, 1.82) is 0 Å². The molecule has 0 saturated heterocycles. The number of phenolic OH excluding ortho intramolecular Hbond substituents is 1. The molecule has 0 heterocycles. The van der Waals surface area contributed by atoms with Gasteiger partial charge in [0, 0.05) is 12.1 Å². The zero-order valence-electron chi connectivity index (χ0n) is 19.1. The lowest BCUT2D eigenvalue weighted by Gasteiger charge is -2.34. The normalized spacial score (nSPS) is 13.4. The van der Waals surface area contributed by atoms with E-state index >= 15 is 0 Å². The van der Waals surface area contributed by atoms with E-state index in [1.807, 2.05) is 12.1 Å². The zero-order chi connectivity index (χ0) is 21.4. The van der Waals surface area contributed by atoms with Crippen LogP contribution in [0.25, 0.3) is 0 Å². The minimum atomic E-state index is -1.85. The molecule has 0 fully saturated rings. The summed E-state index contributed by atoms with van der Waals surface area (Å²) >= 11 is 0. The maximum Gasteiger partial charge on any atom is 0.187 e. The number of rotatable bonds is 11. The second-order valence-electron chi connectivity index (χ2n) is 9.24. The maximum atomic E-state index is 9.48. The SMILES string of the molecule is CC(C)N(CCC(C[Si](C)(C)OCc1ccc(O)cc1)c1ccccc1)C(C)C. The molecule has 1 N–H and O–H groups in total. The minimum absolute atomic E-state index is 0.300. The first kappa shape index (κ1) is 23.7. The molecule has 2 aromatic rings. The van der Waals surface area contributed by atoms with Crippen molar-refractivity contribution >= 4 is 8.32 Å². The van der Waals surface area contributed by atoms with E-state index in [2.05, 4.69) is 76.0 Å². The van der Waals surface area contributed by atoms with Crippen LogP contribution in [0, 0.1) is 0 Å². The molecule has 3 nitrogen and oxygen atoms in total. The van der Waals surface area contributed by atoms with Crippen LogP contribution in [0.2, 0.25) is 19.1 Å². The molecule has 2 aromatic carbocycles. The van der Waals surface area contributed by atoms with E-state index in [1.54, 1.807) is 12.1 Å². The molecule has 0 saturated carbocycles. The fraction of sp³-hybridized carbons (Fsp3) is 0.520. The summed E-state index contributed by atoms with van der Waals surface area (Å²) in [5.41, 5.74) is 2.54. The van der Waals surface area contributed by atoms with E-state index in [-0.39, 0.29) is 0 Å². The van der Waals surface area contributed by atoms with Crippen LogP contribution in [-0.4, -0.2) is 37.0 Å². The summed E-state index contributed by atoms with van der Waals surface area (Å²) in [5, 5.41) is 9.48. The number of nitrogens with zero attached hydrogens (tertiary/aromatic N) is 1. The number of aromatic hydroxyl groups is 1. The Morgan fingerprint density at radius 2 is 1.48 bits per heavy atom. The van der Waals surface area contributed by atoms with Crippen LogP contribution in [0.3, 0.4) is 0 Å². The lowest BCUT2D eigenvalue weighted by molar-refractivity contribution is 0.169.